The Bertz CT molecular complexity index is 583. The van der Waals surface area contributed by atoms with Crippen LogP contribution in [0.5, 0.6) is 0 Å². The van der Waals surface area contributed by atoms with Crippen LogP contribution in [0.4, 0.5) is 0 Å². The lowest BCUT2D eigenvalue weighted by atomic mass is 10.1. The Balaban J connectivity index is 2.23. The number of amides is 1. The lowest BCUT2D eigenvalue weighted by Crippen LogP contribution is -2.34. The number of benzene rings is 1. The second-order valence-corrected chi connectivity index (χ2v) is 6.01. The summed E-state index contributed by atoms with van der Waals surface area (Å²) < 4.78 is 0. The number of aryl methyl sites for hydroxylation is 1. The van der Waals surface area contributed by atoms with Crippen LogP contribution in [0.3, 0.4) is 0 Å². The molecular formula is C18H23NO2. The van der Waals surface area contributed by atoms with Crippen molar-refractivity contribution in [3.63, 3.8) is 0 Å². The van der Waals surface area contributed by atoms with Gasteiger partial charge in [0.15, 0.2) is 0 Å². The number of aliphatic hydroxyl groups is 1. The first-order valence-corrected chi connectivity index (χ1v) is 7.53. The third-order valence-corrected chi connectivity index (χ3v) is 3.84. The molecule has 1 saturated heterocycles. The van der Waals surface area contributed by atoms with Crippen molar-refractivity contribution in [3.8, 4) is 11.8 Å². The highest BCUT2D eigenvalue weighted by Crippen LogP contribution is 2.24. The molecule has 2 atom stereocenters. The number of aliphatic hydroxyl groups excluding tert-OH is 1. The summed E-state index contributed by atoms with van der Waals surface area (Å²) in [6, 6.07) is 6.05. The van der Waals surface area contributed by atoms with E-state index in [1.54, 1.807) is 0 Å². The van der Waals surface area contributed by atoms with E-state index in [1.165, 1.54) is 0 Å². The molecule has 0 radical (unpaired) electrons. The third-order valence-electron chi connectivity index (χ3n) is 3.84. The molecule has 1 fully saturated rings. The quantitative estimate of drug-likeness (QED) is 0.849. The van der Waals surface area contributed by atoms with E-state index in [0.717, 1.165) is 24.1 Å². The van der Waals surface area contributed by atoms with Crippen LogP contribution >= 0.6 is 0 Å². The van der Waals surface area contributed by atoms with Crippen molar-refractivity contribution >= 4 is 5.91 Å². The van der Waals surface area contributed by atoms with Crippen LogP contribution in [0.25, 0.3) is 0 Å². The monoisotopic (exact) mass is 285 g/mol. The average Bonchev–Trinajstić information content (AvgIpc) is 2.76. The van der Waals surface area contributed by atoms with Crippen LogP contribution < -0.4 is 0 Å². The van der Waals surface area contributed by atoms with Crippen LogP contribution in [0.1, 0.15) is 48.2 Å². The van der Waals surface area contributed by atoms with E-state index < -0.39 is 0 Å². The van der Waals surface area contributed by atoms with Crippen LogP contribution in [0, 0.1) is 24.7 Å². The predicted molar refractivity (Wildman–Crippen MR) is 84.0 cm³/mol. The second-order valence-electron chi connectivity index (χ2n) is 6.01. The SMILES string of the molecule is Cc1cc(C#CCCO)cc(C(=O)N2CC(C)CC2C)c1. The van der Waals surface area contributed by atoms with Crippen LogP contribution in [0.15, 0.2) is 18.2 Å². The highest BCUT2D eigenvalue weighted by Gasteiger charge is 2.30. The molecule has 112 valence electrons. The van der Waals surface area contributed by atoms with Gasteiger partial charge in [-0.2, -0.15) is 0 Å². The zero-order valence-electron chi connectivity index (χ0n) is 13.0. The van der Waals surface area contributed by atoms with E-state index in [4.69, 9.17) is 5.11 Å². The normalized spacial score (nSPS) is 21.0. The van der Waals surface area contributed by atoms with Crippen molar-refractivity contribution in [2.24, 2.45) is 5.92 Å². The molecule has 1 N–H and O–H groups in total. The van der Waals surface area contributed by atoms with Crippen LogP contribution in [-0.2, 0) is 0 Å². The van der Waals surface area contributed by atoms with E-state index >= 15 is 0 Å². The second kappa shape index (κ2) is 6.78. The number of hydrogen-bond donors (Lipinski definition) is 1. The first-order chi connectivity index (χ1) is 10.0. The van der Waals surface area contributed by atoms with Gasteiger partial charge >= 0.3 is 0 Å². The Kier molecular flexibility index (Phi) is 5.03. The summed E-state index contributed by atoms with van der Waals surface area (Å²) in [5.74, 6) is 6.58. The van der Waals surface area contributed by atoms with Crippen molar-refractivity contribution in [2.45, 2.75) is 39.7 Å². The maximum atomic E-state index is 12.7. The van der Waals surface area contributed by atoms with Crippen molar-refractivity contribution in [2.75, 3.05) is 13.2 Å². The lowest BCUT2D eigenvalue weighted by Gasteiger charge is -2.21. The summed E-state index contributed by atoms with van der Waals surface area (Å²) in [4.78, 5) is 14.6. The summed E-state index contributed by atoms with van der Waals surface area (Å²) in [6.07, 6.45) is 1.53. The number of carbonyl (C=O) groups excluding carboxylic acids is 1. The molecule has 0 spiro atoms. The van der Waals surface area contributed by atoms with Gasteiger partial charge in [-0.05, 0) is 49.9 Å². The Morgan fingerprint density at radius 3 is 2.76 bits per heavy atom. The number of likely N-dealkylation sites (tertiary alicyclic amines) is 1. The van der Waals surface area contributed by atoms with E-state index in [-0.39, 0.29) is 12.5 Å². The molecule has 0 aromatic heterocycles. The summed E-state index contributed by atoms with van der Waals surface area (Å²) in [5.41, 5.74) is 2.59. The molecule has 1 amide bonds. The smallest absolute Gasteiger partial charge is 0.254 e. The van der Waals surface area contributed by atoms with Crippen molar-refractivity contribution in [1.82, 2.24) is 4.90 Å². The zero-order chi connectivity index (χ0) is 15.4. The van der Waals surface area contributed by atoms with E-state index in [9.17, 15) is 4.79 Å². The molecule has 1 heterocycles. The summed E-state index contributed by atoms with van der Waals surface area (Å²) in [5, 5.41) is 8.78. The van der Waals surface area contributed by atoms with Crippen molar-refractivity contribution in [1.29, 1.82) is 0 Å². The highest BCUT2D eigenvalue weighted by molar-refractivity contribution is 5.95. The molecule has 2 rings (SSSR count). The van der Waals surface area contributed by atoms with Crippen molar-refractivity contribution < 1.29 is 9.90 Å². The van der Waals surface area contributed by atoms with Gasteiger partial charge < -0.3 is 10.0 Å². The molecule has 1 aromatic rings. The highest BCUT2D eigenvalue weighted by atomic mass is 16.2. The van der Waals surface area contributed by atoms with Crippen LogP contribution in [-0.4, -0.2) is 35.1 Å². The van der Waals surface area contributed by atoms with Gasteiger partial charge in [0.2, 0.25) is 0 Å². The topological polar surface area (TPSA) is 40.5 Å². The summed E-state index contributed by atoms with van der Waals surface area (Å²) in [7, 11) is 0. The van der Waals surface area contributed by atoms with Gasteiger partial charge in [0.1, 0.15) is 0 Å². The molecule has 0 bridgehead atoms. The first-order valence-electron chi connectivity index (χ1n) is 7.53. The molecule has 0 saturated carbocycles. The zero-order valence-corrected chi connectivity index (χ0v) is 13.0. The van der Waals surface area contributed by atoms with Gasteiger partial charge in [0, 0.05) is 30.1 Å². The Hall–Kier alpha value is -1.79. The van der Waals surface area contributed by atoms with Gasteiger partial charge in [0.05, 0.1) is 6.61 Å². The maximum absolute atomic E-state index is 12.7. The number of nitrogens with zero attached hydrogens (tertiary/aromatic N) is 1. The molecule has 2 unspecified atom stereocenters. The molecule has 0 aliphatic carbocycles. The molecular weight excluding hydrogens is 262 g/mol. The fourth-order valence-electron chi connectivity index (χ4n) is 2.95. The van der Waals surface area contributed by atoms with Crippen LogP contribution in [0.2, 0.25) is 0 Å². The molecule has 1 aliphatic heterocycles. The summed E-state index contributed by atoms with van der Waals surface area (Å²) in [6.45, 7) is 7.17. The maximum Gasteiger partial charge on any atom is 0.254 e. The molecule has 3 nitrogen and oxygen atoms in total. The minimum atomic E-state index is 0.0633. The standard InChI is InChI=1S/C18H23NO2/c1-13-9-16(6-4-5-7-20)11-17(10-13)18(21)19-12-14(2)8-15(19)3/h9-11,14-15,20H,5,7-8,12H2,1-3H3. The molecule has 1 aliphatic rings. The number of rotatable bonds is 2. The van der Waals surface area contributed by atoms with E-state index in [0.29, 0.717) is 23.9 Å². The summed E-state index contributed by atoms with van der Waals surface area (Å²) >= 11 is 0. The fourth-order valence-corrected chi connectivity index (χ4v) is 2.95. The largest absolute Gasteiger partial charge is 0.395 e. The Labute approximate surface area is 127 Å². The van der Waals surface area contributed by atoms with Gasteiger partial charge in [-0.25, -0.2) is 0 Å². The van der Waals surface area contributed by atoms with E-state index in [2.05, 4.69) is 25.7 Å². The molecule has 1 aromatic carbocycles. The number of carbonyl (C=O) groups is 1. The minimum Gasteiger partial charge on any atom is -0.395 e. The molecule has 3 heteroatoms. The van der Waals surface area contributed by atoms with Gasteiger partial charge in [-0.15, -0.1) is 0 Å². The Morgan fingerprint density at radius 1 is 1.38 bits per heavy atom. The third kappa shape index (κ3) is 3.86. The van der Waals surface area contributed by atoms with Gasteiger partial charge in [0.25, 0.3) is 5.91 Å². The van der Waals surface area contributed by atoms with Gasteiger partial charge in [-0.3, -0.25) is 4.79 Å². The Morgan fingerprint density at radius 2 is 2.14 bits per heavy atom. The van der Waals surface area contributed by atoms with Crippen molar-refractivity contribution in [3.05, 3.63) is 34.9 Å². The lowest BCUT2D eigenvalue weighted by molar-refractivity contribution is 0.0743. The van der Waals surface area contributed by atoms with E-state index in [1.807, 2.05) is 30.0 Å². The minimum absolute atomic E-state index is 0.0633. The predicted octanol–water partition coefficient (Wildman–Crippen LogP) is 2.60. The first kappa shape index (κ1) is 15.6. The average molecular weight is 285 g/mol. The van der Waals surface area contributed by atoms with Gasteiger partial charge in [-0.1, -0.05) is 18.8 Å². The molecule has 21 heavy (non-hydrogen) atoms. The fraction of sp³-hybridized carbons (Fsp3) is 0.500. The number of hydrogen-bond acceptors (Lipinski definition) is 2.